The highest BCUT2D eigenvalue weighted by atomic mass is 16.6. The van der Waals surface area contributed by atoms with Crippen molar-refractivity contribution in [2.24, 2.45) is 0 Å². The molecule has 156 valence electrons. The highest BCUT2D eigenvalue weighted by Gasteiger charge is 2.51. The van der Waals surface area contributed by atoms with Gasteiger partial charge in [0.15, 0.2) is 5.78 Å². The summed E-state index contributed by atoms with van der Waals surface area (Å²) in [6.45, 7) is 2.00. The minimum absolute atomic E-state index is 0.00447. The van der Waals surface area contributed by atoms with Crippen molar-refractivity contribution in [3.05, 3.63) is 77.4 Å². The van der Waals surface area contributed by atoms with E-state index in [0.29, 0.717) is 28.9 Å². The third kappa shape index (κ3) is 4.51. The van der Waals surface area contributed by atoms with E-state index in [1.54, 1.807) is 24.3 Å². The van der Waals surface area contributed by atoms with Crippen LogP contribution in [0.5, 0.6) is 0 Å². The van der Waals surface area contributed by atoms with Gasteiger partial charge in [-0.3, -0.25) is 9.59 Å². The molecule has 1 atom stereocenters. The van der Waals surface area contributed by atoms with Crippen LogP contribution in [-0.2, 0) is 19.1 Å². The van der Waals surface area contributed by atoms with Crippen LogP contribution in [0.1, 0.15) is 54.9 Å². The molecule has 0 bridgehead atoms. The van der Waals surface area contributed by atoms with Gasteiger partial charge in [-0.25, -0.2) is 4.79 Å². The molecule has 1 unspecified atom stereocenters. The molecule has 2 aromatic rings. The van der Waals surface area contributed by atoms with E-state index in [-0.39, 0.29) is 24.4 Å². The van der Waals surface area contributed by atoms with Crippen molar-refractivity contribution in [3.8, 4) is 0 Å². The number of carbonyl (C=O) groups excluding carboxylic acids is 3. The molecule has 0 spiro atoms. The molecule has 0 saturated heterocycles. The minimum Gasteiger partial charge on any atom is -0.474 e. The molecule has 5 nitrogen and oxygen atoms in total. The first-order valence-corrected chi connectivity index (χ1v) is 10.2. The molecule has 1 heterocycles. The lowest BCUT2D eigenvalue weighted by Gasteiger charge is -2.26. The Hall–Kier alpha value is -3.21. The highest BCUT2D eigenvalue weighted by molar-refractivity contribution is 6.14. The first kappa shape index (κ1) is 21.5. The highest BCUT2D eigenvalue weighted by Crippen LogP contribution is 2.43. The second kappa shape index (κ2) is 9.53. The predicted octanol–water partition coefficient (Wildman–Crippen LogP) is 4.76. The van der Waals surface area contributed by atoms with E-state index >= 15 is 0 Å². The van der Waals surface area contributed by atoms with E-state index in [2.05, 4.69) is 0 Å². The number of methoxy groups -OCH3 is 1. The van der Waals surface area contributed by atoms with Gasteiger partial charge >= 0.3 is 5.97 Å². The standard InChI is InChI=1S/C25H26O5/c1-3-4-15-20(26)16-25(24(28)29-2)17-21(22(27)18-11-7-5-8-12-18)23(30-25)19-13-9-6-10-14-19/h5-14H,3-4,15-17H2,1-2H3. The van der Waals surface area contributed by atoms with Crippen LogP contribution in [0.3, 0.4) is 0 Å². The summed E-state index contributed by atoms with van der Waals surface area (Å²) < 4.78 is 11.2. The number of esters is 1. The van der Waals surface area contributed by atoms with Crippen molar-refractivity contribution in [2.75, 3.05) is 7.11 Å². The number of hydrogen-bond acceptors (Lipinski definition) is 5. The van der Waals surface area contributed by atoms with Crippen molar-refractivity contribution in [2.45, 2.75) is 44.6 Å². The Morgan fingerprint density at radius 3 is 2.23 bits per heavy atom. The van der Waals surface area contributed by atoms with Crippen LogP contribution in [0.2, 0.25) is 0 Å². The molecule has 2 aromatic carbocycles. The third-order valence-corrected chi connectivity index (χ3v) is 5.23. The summed E-state index contributed by atoms with van der Waals surface area (Å²) >= 11 is 0. The Morgan fingerprint density at radius 1 is 1.00 bits per heavy atom. The molecule has 0 radical (unpaired) electrons. The number of rotatable bonds is 9. The smallest absolute Gasteiger partial charge is 0.351 e. The normalized spacial score (nSPS) is 18.1. The van der Waals surface area contributed by atoms with E-state index in [0.717, 1.165) is 12.8 Å². The lowest BCUT2D eigenvalue weighted by molar-refractivity contribution is -0.162. The maximum absolute atomic E-state index is 13.3. The Balaban J connectivity index is 2.02. The Morgan fingerprint density at radius 2 is 1.63 bits per heavy atom. The summed E-state index contributed by atoms with van der Waals surface area (Å²) in [5.74, 6) is -0.612. The maximum atomic E-state index is 13.3. The number of Topliss-reactive ketones (excluding diaryl/α,β-unsaturated/α-hetero) is 2. The topological polar surface area (TPSA) is 69.7 Å². The van der Waals surface area contributed by atoms with Gasteiger partial charge in [0.1, 0.15) is 11.5 Å². The third-order valence-electron chi connectivity index (χ3n) is 5.23. The van der Waals surface area contributed by atoms with Crippen LogP contribution < -0.4 is 0 Å². The molecule has 5 heteroatoms. The quantitative estimate of drug-likeness (QED) is 0.443. The summed E-state index contributed by atoms with van der Waals surface area (Å²) in [5, 5.41) is 0. The molecule has 0 aromatic heterocycles. The van der Waals surface area contributed by atoms with E-state index in [1.807, 2.05) is 43.3 Å². The SMILES string of the molecule is CCCCC(=O)CC1(C(=O)OC)CC(C(=O)c2ccccc2)=C(c2ccccc2)O1. The first-order valence-electron chi connectivity index (χ1n) is 10.2. The number of unbranched alkanes of at least 4 members (excludes halogenated alkanes) is 1. The van der Waals surface area contributed by atoms with Crippen LogP contribution in [0.25, 0.3) is 5.76 Å². The van der Waals surface area contributed by atoms with Gasteiger partial charge in [-0.2, -0.15) is 0 Å². The van der Waals surface area contributed by atoms with Crippen LogP contribution in [0.4, 0.5) is 0 Å². The van der Waals surface area contributed by atoms with Crippen molar-refractivity contribution < 1.29 is 23.9 Å². The van der Waals surface area contributed by atoms with Gasteiger partial charge in [0.05, 0.1) is 13.5 Å². The van der Waals surface area contributed by atoms with Gasteiger partial charge in [-0.1, -0.05) is 74.0 Å². The average Bonchev–Trinajstić information content (AvgIpc) is 3.18. The first-order chi connectivity index (χ1) is 14.5. The predicted molar refractivity (Wildman–Crippen MR) is 114 cm³/mol. The van der Waals surface area contributed by atoms with E-state index in [9.17, 15) is 14.4 Å². The molecule has 0 amide bonds. The molecule has 1 aliphatic rings. The largest absolute Gasteiger partial charge is 0.474 e. The number of benzene rings is 2. The lowest BCUT2D eigenvalue weighted by Crippen LogP contribution is -2.42. The zero-order valence-electron chi connectivity index (χ0n) is 17.4. The molecule has 1 aliphatic heterocycles. The molecule has 0 aliphatic carbocycles. The zero-order chi connectivity index (χ0) is 21.6. The van der Waals surface area contributed by atoms with Gasteiger partial charge in [0, 0.05) is 29.5 Å². The van der Waals surface area contributed by atoms with Gasteiger partial charge < -0.3 is 9.47 Å². The van der Waals surface area contributed by atoms with Gasteiger partial charge in [-0.15, -0.1) is 0 Å². The summed E-state index contributed by atoms with van der Waals surface area (Å²) in [4.78, 5) is 38.7. The number of carbonyl (C=O) groups is 3. The Bertz CT molecular complexity index is 946. The van der Waals surface area contributed by atoms with Crippen molar-refractivity contribution in [1.82, 2.24) is 0 Å². The summed E-state index contributed by atoms with van der Waals surface area (Å²) in [6, 6.07) is 18.0. The molecule has 30 heavy (non-hydrogen) atoms. The molecule has 0 N–H and O–H groups in total. The van der Waals surface area contributed by atoms with Crippen molar-refractivity contribution in [1.29, 1.82) is 0 Å². The fourth-order valence-corrected chi connectivity index (χ4v) is 3.68. The van der Waals surface area contributed by atoms with E-state index < -0.39 is 11.6 Å². The summed E-state index contributed by atoms with van der Waals surface area (Å²) in [7, 11) is 1.27. The molecule has 3 rings (SSSR count). The van der Waals surface area contributed by atoms with Crippen molar-refractivity contribution in [3.63, 3.8) is 0 Å². The van der Waals surface area contributed by atoms with Gasteiger partial charge in [-0.05, 0) is 6.42 Å². The zero-order valence-corrected chi connectivity index (χ0v) is 17.4. The van der Waals surface area contributed by atoms with Crippen LogP contribution in [0, 0.1) is 0 Å². The van der Waals surface area contributed by atoms with E-state index in [4.69, 9.17) is 9.47 Å². The Labute approximate surface area is 176 Å². The molecular formula is C25H26O5. The monoisotopic (exact) mass is 406 g/mol. The van der Waals surface area contributed by atoms with E-state index in [1.165, 1.54) is 7.11 Å². The summed E-state index contributed by atoms with van der Waals surface area (Å²) in [6.07, 6.45) is 1.85. The number of ether oxygens (including phenoxy) is 2. The average molecular weight is 406 g/mol. The number of hydrogen-bond donors (Lipinski definition) is 0. The lowest BCUT2D eigenvalue weighted by atomic mass is 9.87. The molecule has 0 saturated carbocycles. The second-order valence-corrected chi connectivity index (χ2v) is 7.45. The maximum Gasteiger partial charge on any atom is 0.351 e. The van der Waals surface area contributed by atoms with Crippen LogP contribution in [-0.4, -0.2) is 30.2 Å². The fraction of sp³-hybridized carbons (Fsp3) is 0.320. The number of ketones is 2. The van der Waals surface area contributed by atoms with Gasteiger partial charge in [0.2, 0.25) is 5.60 Å². The minimum atomic E-state index is -1.52. The molecule has 0 fully saturated rings. The summed E-state index contributed by atoms with van der Waals surface area (Å²) in [5.41, 5.74) is 0.0389. The molecular weight excluding hydrogens is 380 g/mol. The van der Waals surface area contributed by atoms with Crippen LogP contribution in [0.15, 0.2) is 66.2 Å². The fourth-order valence-electron chi connectivity index (χ4n) is 3.68. The second-order valence-electron chi connectivity index (χ2n) is 7.45. The van der Waals surface area contributed by atoms with Crippen LogP contribution >= 0.6 is 0 Å². The van der Waals surface area contributed by atoms with Gasteiger partial charge in [0.25, 0.3) is 0 Å². The Kier molecular flexibility index (Phi) is 6.83. The van der Waals surface area contributed by atoms with Crippen molar-refractivity contribution >= 4 is 23.3 Å².